The van der Waals surface area contributed by atoms with Gasteiger partial charge in [0.15, 0.2) is 5.82 Å². The molecule has 0 saturated heterocycles. The Morgan fingerprint density at radius 3 is 2.90 bits per heavy atom. The van der Waals surface area contributed by atoms with Gasteiger partial charge in [-0.1, -0.05) is 12.1 Å². The van der Waals surface area contributed by atoms with Gasteiger partial charge in [0.2, 0.25) is 5.89 Å². The summed E-state index contributed by atoms with van der Waals surface area (Å²) >= 11 is 0. The lowest BCUT2D eigenvalue weighted by Gasteiger charge is -2.33. The Morgan fingerprint density at radius 1 is 1.40 bits per heavy atom. The minimum Gasteiger partial charge on any atom is -0.379 e. The van der Waals surface area contributed by atoms with E-state index in [1.54, 1.807) is 0 Å². The van der Waals surface area contributed by atoms with Crippen molar-refractivity contribution in [1.82, 2.24) is 10.1 Å². The van der Waals surface area contributed by atoms with Gasteiger partial charge in [0.05, 0.1) is 18.8 Å². The van der Waals surface area contributed by atoms with Crippen LogP contribution in [0.3, 0.4) is 0 Å². The fraction of sp³-hybridized carbons (Fsp3) is 0.857. The minimum absolute atomic E-state index is 0.309. The van der Waals surface area contributed by atoms with E-state index in [-0.39, 0.29) is 6.04 Å². The lowest BCUT2D eigenvalue weighted by Crippen LogP contribution is -2.32. The van der Waals surface area contributed by atoms with Crippen LogP contribution in [-0.2, 0) is 15.9 Å². The lowest BCUT2D eigenvalue weighted by molar-refractivity contribution is -0.0258. The van der Waals surface area contributed by atoms with Gasteiger partial charge in [0.25, 0.3) is 0 Å². The van der Waals surface area contributed by atoms with Gasteiger partial charge in [-0.05, 0) is 32.1 Å². The van der Waals surface area contributed by atoms with Gasteiger partial charge in [-0.3, -0.25) is 0 Å². The van der Waals surface area contributed by atoms with Crippen LogP contribution in [0.2, 0.25) is 0 Å². The predicted molar refractivity (Wildman–Crippen MR) is 74.2 cm³/mol. The number of hydrogen-bond donors (Lipinski definition) is 1. The molecule has 1 atom stereocenters. The molecule has 0 amide bonds. The third kappa shape index (κ3) is 4.26. The number of nitrogens with two attached hydrogens (primary N) is 1. The van der Waals surface area contributed by atoms with Crippen LogP contribution in [0.4, 0.5) is 0 Å². The third-order valence-corrected chi connectivity index (χ3v) is 3.52. The van der Waals surface area contributed by atoms with Crippen molar-refractivity contribution in [2.45, 2.75) is 51.7 Å². The molecule has 1 aromatic rings. The van der Waals surface area contributed by atoms with Crippen molar-refractivity contribution < 1.29 is 14.0 Å². The van der Waals surface area contributed by atoms with Gasteiger partial charge in [-0.15, -0.1) is 0 Å². The van der Waals surface area contributed by atoms with E-state index < -0.39 is 0 Å². The minimum atomic E-state index is -0.309. The van der Waals surface area contributed by atoms with E-state index in [1.807, 2.05) is 6.92 Å². The zero-order valence-electron chi connectivity index (χ0n) is 12.4. The maximum absolute atomic E-state index is 5.96. The molecule has 0 radical (unpaired) electrons. The summed E-state index contributed by atoms with van der Waals surface area (Å²) in [7, 11) is 0. The summed E-state index contributed by atoms with van der Waals surface area (Å²) in [5.41, 5.74) is 5.96. The second kappa shape index (κ2) is 7.71. The summed E-state index contributed by atoms with van der Waals surface area (Å²) in [4.78, 5) is 4.36. The first-order valence-electron chi connectivity index (χ1n) is 7.50. The van der Waals surface area contributed by atoms with E-state index in [2.05, 4.69) is 17.1 Å². The van der Waals surface area contributed by atoms with Crippen LogP contribution in [0.25, 0.3) is 0 Å². The van der Waals surface area contributed by atoms with E-state index in [1.165, 1.54) is 0 Å². The Morgan fingerprint density at radius 2 is 2.20 bits per heavy atom. The molecule has 2 N–H and O–H groups in total. The third-order valence-electron chi connectivity index (χ3n) is 3.52. The molecule has 1 heterocycles. The van der Waals surface area contributed by atoms with Crippen molar-refractivity contribution in [3.63, 3.8) is 0 Å². The summed E-state index contributed by atoms with van der Waals surface area (Å²) in [5.74, 6) is 1.80. The van der Waals surface area contributed by atoms with Gasteiger partial charge < -0.3 is 19.7 Å². The molecule has 114 valence electrons. The summed E-state index contributed by atoms with van der Waals surface area (Å²) in [6.07, 6.45) is 4.37. The summed E-state index contributed by atoms with van der Waals surface area (Å²) in [6.45, 7) is 6.02. The molecule has 6 heteroatoms. The van der Waals surface area contributed by atoms with Gasteiger partial charge in [0, 0.05) is 19.6 Å². The van der Waals surface area contributed by atoms with E-state index in [0.717, 1.165) is 32.3 Å². The van der Waals surface area contributed by atoms with Crippen molar-refractivity contribution >= 4 is 0 Å². The molecule has 1 aliphatic rings. The molecular weight excluding hydrogens is 258 g/mol. The second-order valence-electron chi connectivity index (χ2n) is 5.35. The maximum atomic E-state index is 5.96. The lowest BCUT2D eigenvalue weighted by atomic mass is 9.80. The molecule has 6 nitrogen and oxygen atoms in total. The second-order valence-corrected chi connectivity index (χ2v) is 5.35. The Labute approximate surface area is 120 Å². The largest absolute Gasteiger partial charge is 0.379 e. The van der Waals surface area contributed by atoms with Crippen molar-refractivity contribution in [3.05, 3.63) is 11.7 Å². The van der Waals surface area contributed by atoms with Crippen LogP contribution >= 0.6 is 0 Å². The SMILES string of the molecule is CCCOCC(N)c1noc(CC2CC(OCC)C2)n1. The smallest absolute Gasteiger partial charge is 0.226 e. The average Bonchev–Trinajstić information content (AvgIpc) is 2.85. The van der Waals surface area contributed by atoms with E-state index in [0.29, 0.717) is 37.0 Å². The fourth-order valence-electron chi connectivity index (χ4n) is 2.39. The molecular formula is C14H25N3O3. The summed E-state index contributed by atoms with van der Waals surface area (Å²) in [6, 6.07) is -0.309. The predicted octanol–water partition coefficient (Wildman–Crippen LogP) is 1.85. The first kappa shape index (κ1) is 15.4. The Balaban J connectivity index is 1.72. The highest BCUT2D eigenvalue weighted by molar-refractivity contribution is 4.95. The Bertz CT molecular complexity index is 391. The monoisotopic (exact) mass is 283 g/mol. The van der Waals surface area contributed by atoms with Crippen LogP contribution in [0.15, 0.2) is 4.52 Å². The molecule has 2 rings (SSSR count). The first-order valence-corrected chi connectivity index (χ1v) is 7.50. The molecule has 20 heavy (non-hydrogen) atoms. The number of nitrogens with zero attached hydrogens (tertiary/aromatic N) is 2. The number of ether oxygens (including phenoxy) is 2. The molecule has 1 saturated carbocycles. The highest BCUT2D eigenvalue weighted by Gasteiger charge is 2.31. The quantitative estimate of drug-likeness (QED) is 0.696. The Hall–Kier alpha value is -0.980. The van der Waals surface area contributed by atoms with Crippen LogP contribution in [0, 0.1) is 5.92 Å². The van der Waals surface area contributed by atoms with Crippen LogP contribution in [0.5, 0.6) is 0 Å². The molecule has 0 spiro atoms. The maximum Gasteiger partial charge on any atom is 0.226 e. The van der Waals surface area contributed by atoms with Crippen molar-refractivity contribution in [1.29, 1.82) is 0 Å². The zero-order chi connectivity index (χ0) is 14.4. The van der Waals surface area contributed by atoms with Gasteiger partial charge >= 0.3 is 0 Å². The standard InChI is InChI=1S/C14H25N3O3/c1-3-5-18-9-12(15)14-16-13(20-17-14)8-10-6-11(7-10)19-4-2/h10-12H,3-9,15H2,1-2H3. The van der Waals surface area contributed by atoms with E-state index >= 15 is 0 Å². The molecule has 1 fully saturated rings. The van der Waals surface area contributed by atoms with Gasteiger partial charge in [-0.2, -0.15) is 4.98 Å². The molecule has 0 aliphatic heterocycles. The molecule has 1 aromatic heterocycles. The fourth-order valence-corrected chi connectivity index (χ4v) is 2.39. The van der Waals surface area contributed by atoms with Crippen molar-refractivity contribution in [3.8, 4) is 0 Å². The van der Waals surface area contributed by atoms with Gasteiger partial charge in [-0.25, -0.2) is 0 Å². The highest BCUT2D eigenvalue weighted by Crippen LogP contribution is 2.32. The van der Waals surface area contributed by atoms with Crippen LogP contribution in [-0.4, -0.2) is 36.1 Å². The summed E-state index contributed by atoms with van der Waals surface area (Å²) in [5, 5.41) is 3.94. The van der Waals surface area contributed by atoms with Crippen molar-refractivity contribution in [2.75, 3.05) is 19.8 Å². The van der Waals surface area contributed by atoms with E-state index in [9.17, 15) is 0 Å². The number of hydrogen-bond acceptors (Lipinski definition) is 6. The zero-order valence-corrected chi connectivity index (χ0v) is 12.4. The van der Waals surface area contributed by atoms with Crippen molar-refractivity contribution in [2.24, 2.45) is 11.7 Å². The topological polar surface area (TPSA) is 83.4 Å². The van der Waals surface area contributed by atoms with E-state index in [4.69, 9.17) is 19.7 Å². The molecule has 0 aromatic carbocycles. The molecule has 1 unspecified atom stereocenters. The normalized spacial score (nSPS) is 23.6. The highest BCUT2D eigenvalue weighted by atomic mass is 16.5. The first-order chi connectivity index (χ1) is 9.72. The number of aromatic nitrogens is 2. The summed E-state index contributed by atoms with van der Waals surface area (Å²) < 4.78 is 16.2. The molecule has 1 aliphatic carbocycles. The Kier molecular flexibility index (Phi) is 5.94. The van der Waals surface area contributed by atoms with Crippen LogP contribution < -0.4 is 5.73 Å². The average molecular weight is 283 g/mol. The molecule has 0 bridgehead atoms. The van der Waals surface area contributed by atoms with Crippen LogP contribution in [0.1, 0.15) is 50.9 Å². The van der Waals surface area contributed by atoms with Gasteiger partial charge in [0.1, 0.15) is 0 Å². The number of rotatable bonds is 9.